The van der Waals surface area contributed by atoms with Crippen molar-refractivity contribution >= 4 is 5.95 Å². The van der Waals surface area contributed by atoms with Crippen molar-refractivity contribution < 1.29 is 4.52 Å². The Morgan fingerprint density at radius 1 is 1.32 bits per heavy atom. The van der Waals surface area contributed by atoms with Crippen molar-refractivity contribution in [2.45, 2.75) is 19.3 Å². The Labute approximate surface area is 114 Å². The minimum atomic E-state index is 0.648. The zero-order valence-electron chi connectivity index (χ0n) is 11.6. The first-order valence-corrected chi connectivity index (χ1v) is 7.28. The van der Waals surface area contributed by atoms with Gasteiger partial charge in [0.15, 0.2) is 0 Å². The molecule has 0 saturated carbocycles. The number of likely N-dealkylation sites (N-methyl/N-ethyl adjacent to an activating group) is 1. The van der Waals surface area contributed by atoms with Crippen LogP contribution in [0.1, 0.15) is 18.7 Å². The van der Waals surface area contributed by atoms with Crippen LogP contribution in [0.25, 0.3) is 0 Å². The van der Waals surface area contributed by atoms with E-state index < -0.39 is 0 Å². The van der Waals surface area contributed by atoms with Crippen LogP contribution in [0.2, 0.25) is 0 Å². The molecule has 1 atom stereocenters. The molecule has 2 aliphatic rings. The molecule has 0 aromatic carbocycles. The summed E-state index contributed by atoms with van der Waals surface area (Å²) in [5.74, 6) is 2.21. The number of nitrogens with one attached hydrogen (secondary N) is 1. The normalized spacial score (nSPS) is 25.7. The minimum absolute atomic E-state index is 0.648. The highest BCUT2D eigenvalue weighted by Crippen LogP contribution is 2.18. The molecule has 3 heterocycles. The molecule has 19 heavy (non-hydrogen) atoms. The maximum Gasteiger partial charge on any atom is 0.266 e. The fraction of sp³-hybridized carbons (Fsp3) is 0.846. The molecule has 0 amide bonds. The van der Waals surface area contributed by atoms with Crippen LogP contribution in [0.4, 0.5) is 5.95 Å². The van der Waals surface area contributed by atoms with Gasteiger partial charge in [0.2, 0.25) is 5.89 Å². The largest absolute Gasteiger partial charge is 0.337 e. The Balaban J connectivity index is 1.56. The molecule has 1 aromatic heterocycles. The Morgan fingerprint density at radius 2 is 2.16 bits per heavy atom. The van der Waals surface area contributed by atoms with E-state index in [2.05, 4.69) is 32.3 Å². The first-order valence-electron chi connectivity index (χ1n) is 7.28. The van der Waals surface area contributed by atoms with Crippen molar-refractivity contribution in [2.75, 3.05) is 51.2 Å². The van der Waals surface area contributed by atoms with E-state index in [1.165, 1.54) is 12.8 Å². The number of piperazine rings is 1. The van der Waals surface area contributed by atoms with Crippen molar-refractivity contribution in [3.8, 4) is 0 Å². The Bertz CT molecular complexity index is 393. The summed E-state index contributed by atoms with van der Waals surface area (Å²) in [4.78, 5) is 9.09. The highest BCUT2D eigenvalue weighted by atomic mass is 16.5. The van der Waals surface area contributed by atoms with Gasteiger partial charge in [-0.1, -0.05) is 0 Å². The van der Waals surface area contributed by atoms with Crippen LogP contribution in [0, 0.1) is 5.92 Å². The van der Waals surface area contributed by atoms with Crippen molar-refractivity contribution in [2.24, 2.45) is 5.92 Å². The Kier molecular flexibility index (Phi) is 3.98. The van der Waals surface area contributed by atoms with E-state index in [0.29, 0.717) is 5.92 Å². The number of anilines is 1. The van der Waals surface area contributed by atoms with Gasteiger partial charge >= 0.3 is 0 Å². The van der Waals surface area contributed by atoms with Crippen molar-refractivity contribution in [1.29, 1.82) is 0 Å². The van der Waals surface area contributed by atoms with Crippen molar-refractivity contribution in [3.05, 3.63) is 5.89 Å². The molecule has 0 aliphatic carbocycles. The molecule has 2 fully saturated rings. The predicted octanol–water partition coefficient (Wildman–Crippen LogP) is 0.364. The van der Waals surface area contributed by atoms with Gasteiger partial charge < -0.3 is 19.6 Å². The zero-order chi connectivity index (χ0) is 13.1. The van der Waals surface area contributed by atoms with Gasteiger partial charge in [-0.05, 0) is 44.1 Å². The Morgan fingerprint density at radius 3 is 2.89 bits per heavy atom. The quantitative estimate of drug-likeness (QED) is 0.852. The highest BCUT2D eigenvalue weighted by molar-refractivity contribution is 5.28. The third-order valence-corrected chi connectivity index (χ3v) is 4.11. The van der Waals surface area contributed by atoms with E-state index in [-0.39, 0.29) is 0 Å². The molecule has 0 bridgehead atoms. The van der Waals surface area contributed by atoms with Crippen LogP contribution in [-0.4, -0.2) is 61.4 Å². The van der Waals surface area contributed by atoms with E-state index in [0.717, 1.165) is 57.5 Å². The number of rotatable bonds is 3. The lowest BCUT2D eigenvalue weighted by Crippen LogP contribution is -2.44. The van der Waals surface area contributed by atoms with Crippen LogP contribution in [-0.2, 0) is 6.42 Å². The molecule has 2 saturated heterocycles. The van der Waals surface area contributed by atoms with Gasteiger partial charge in [0, 0.05) is 32.6 Å². The smallest absolute Gasteiger partial charge is 0.266 e. The number of hydrogen-bond acceptors (Lipinski definition) is 6. The van der Waals surface area contributed by atoms with Crippen molar-refractivity contribution in [3.63, 3.8) is 0 Å². The molecular formula is C13H23N5O. The second-order valence-electron chi connectivity index (χ2n) is 5.69. The van der Waals surface area contributed by atoms with Crippen LogP contribution < -0.4 is 10.2 Å². The highest BCUT2D eigenvalue weighted by Gasteiger charge is 2.21. The van der Waals surface area contributed by atoms with Gasteiger partial charge in [-0.25, -0.2) is 0 Å². The monoisotopic (exact) mass is 265 g/mol. The second-order valence-corrected chi connectivity index (χ2v) is 5.69. The number of aromatic nitrogens is 2. The summed E-state index contributed by atoms with van der Waals surface area (Å²) in [7, 11) is 2.15. The molecule has 1 N–H and O–H groups in total. The SMILES string of the molecule is CN1CCN(c2noc(CC3CCCNC3)n2)CC1. The summed E-state index contributed by atoms with van der Waals surface area (Å²) in [6.45, 7) is 6.33. The van der Waals surface area contributed by atoms with E-state index in [1.807, 2.05) is 0 Å². The minimum Gasteiger partial charge on any atom is -0.337 e. The first-order chi connectivity index (χ1) is 9.31. The summed E-state index contributed by atoms with van der Waals surface area (Å²) < 4.78 is 5.40. The first kappa shape index (κ1) is 12.9. The fourth-order valence-electron chi connectivity index (χ4n) is 2.81. The standard InChI is InChI=1S/C13H23N5O/c1-17-5-7-18(8-6-17)13-15-12(19-16-13)9-11-3-2-4-14-10-11/h11,14H,2-10H2,1H3. The molecule has 1 unspecified atom stereocenters. The summed E-state index contributed by atoms with van der Waals surface area (Å²) in [6.07, 6.45) is 3.43. The summed E-state index contributed by atoms with van der Waals surface area (Å²) in [5.41, 5.74) is 0. The van der Waals surface area contributed by atoms with Gasteiger partial charge in [-0.15, -0.1) is 0 Å². The average molecular weight is 265 g/mol. The van der Waals surface area contributed by atoms with Gasteiger partial charge in [0.1, 0.15) is 0 Å². The molecule has 106 valence electrons. The summed E-state index contributed by atoms with van der Waals surface area (Å²) in [6, 6.07) is 0. The van der Waals surface area contributed by atoms with Crippen LogP contribution in [0.5, 0.6) is 0 Å². The summed E-state index contributed by atoms with van der Waals surface area (Å²) >= 11 is 0. The second kappa shape index (κ2) is 5.88. The van der Waals surface area contributed by atoms with Crippen LogP contribution >= 0.6 is 0 Å². The topological polar surface area (TPSA) is 57.4 Å². The lowest BCUT2D eigenvalue weighted by atomic mass is 9.96. The molecule has 1 aromatic rings. The number of piperidine rings is 1. The summed E-state index contributed by atoms with van der Waals surface area (Å²) in [5, 5.41) is 7.56. The molecule has 0 spiro atoms. The van der Waals surface area contributed by atoms with E-state index in [1.54, 1.807) is 0 Å². The molecule has 6 nitrogen and oxygen atoms in total. The average Bonchev–Trinajstić information content (AvgIpc) is 2.89. The molecule has 0 radical (unpaired) electrons. The lowest BCUT2D eigenvalue weighted by Gasteiger charge is -2.31. The van der Waals surface area contributed by atoms with Gasteiger partial charge in [-0.3, -0.25) is 0 Å². The molecule has 2 aliphatic heterocycles. The molecule has 6 heteroatoms. The van der Waals surface area contributed by atoms with Gasteiger partial charge in [0.25, 0.3) is 5.95 Å². The Hall–Kier alpha value is -1.14. The number of nitrogens with zero attached hydrogens (tertiary/aromatic N) is 4. The zero-order valence-corrected chi connectivity index (χ0v) is 11.6. The molecular weight excluding hydrogens is 242 g/mol. The third kappa shape index (κ3) is 3.25. The van der Waals surface area contributed by atoms with E-state index in [9.17, 15) is 0 Å². The maximum atomic E-state index is 5.40. The predicted molar refractivity (Wildman–Crippen MR) is 73.3 cm³/mol. The van der Waals surface area contributed by atoms with Gasteiger partial charge in [-0.2, -0.15) is 4.98 Å². The van der Waals surface area contributed by atoms with Crippen molar-refractivity contribution in [1.82, 2.24) is 20.4 Å². The number of hydrogen-bond donors (Lipinski definition) is 1. The molecule has 3 rings (SSSR count). The van der Waals surface area contributed by atoms with Gasteiger partial charge in [0.05, 0.1) is 0 Å². The van der Waals surface area contributed by atoms with E-state index >= 15 is 0 Å². The van der Waals surface area contributed by atoms with Crippen LogP contribution in [0.3, 0.4) is 0 Å². The van der Waals surface area contributed by atoms with E-state index in [4.69, 9.17) is 4.52 Å². The fourth-order valence-corrected chi connectivity index (χ4v) is 2.81. The lowest BCUT2D eigenvalue weighted by molar-refractivity contribution is 0.305. The van der Waals surface area contributed by atoms with Crippen LogP contribution in [0.15, 0.2) is 4.52 Å². The third-order valence-electron chi connectivity index (χ3n) is 4.11. The maximum absolute atomic E-state index is 5.40.